The summed E-state index contributed by atoms with van der Waals surface area (Å²) in [5.41, 5.74) is 4.66. The molecule has 0 saturated heterocycles. The molecule has 2 unspecified atom stereocenters. The predicted molar refractivity (Wildman–Crippen MR) is 88.1 cm³/mol. The molecule has 21 heavy (non-hydrogen) atoms. The maximum Gasteiger partial charge on any atom is 0.0517 e. The highest BCUT2D eigenvalue weighted by Crippen LogP contribution is 2.60. The zero-order chi connectivity index (χ0) is 14.5. The molecule has 1 nitrogen and oxygen atoms in total. The van der Waals surface area contributed by atoms with E-state index in [0.717, 1.165) is 0 Å². The smallest absolute Gasteiger partial charge is 0.0517 e. The van der Waals surface area contributed by atoms with Gasteiger partial charge in [0.15, 0.2) is 0 Å². The van der Waals surface area contributed by atoms with E-state index in [1.807, 2.05) is 12.1 Å². The van der Waals surface area contributed by atoms with Crippen molar-refractivity contribution in [1.29, 1.82) is 0 Å². The number of anilines is 2. The van der Waals surface area contributed by atoms with Gasteiger partial charge >= 0.3 is 0 Å². The normalized spacial score (nSPS) is 30.9. The van der Waals surface area contributed by atoms with Crippen molar-refractivity contribution >= 4 is 11.4 Å². The van der Waals surface area contributed by atoms with Crippen LogP contribution in [0.25, 0.3) is 0 Å². The standard InChI is InChI=1S/C20H22N/c1-19-14-8-9-15-20(19,2)21(16-10-4-3-5-11-16)18-13-7-6-12-17(18)19/h4-7,10-13H,8-9,14-15H2,1-2H3. The molecule has 1 aliphatic heterocycles. The number of nitrogens with zero attached hydrogens (tertiary/aromatic N) is 1. The van der Waals surface area contributed by atoms with Gasteiger partial charge in [-0.3, -0.25) is 0 Å². The summed E-state index contributed by atoms with van der Waals surface area (Å²) in [5.74, 6) is 0. The van der Waals surface area contributed by atoms with Gasteiger partial charge in [-0.15, -0.1) is 0 Å². The molecule has 2 aromatic rings. The average Bonchev–Trinajstić information content (AvgIpc) is 2.73. The summed E-state index contributed by atoms with van der Waals surface area (Å²) < 4.78 is 0. The Bertz CT molecular complexity index is 663. The van der Waals surface area contributed by atoms with Crippen LogP contribution in [-0.4, -0.2) is 5.54 Å². The van der Waals surface area contributed by atoms with Crippen molar-refractivity contribution in [2.24, 2.45) is 0 Å². The maximum atomic E-state index is 3.15. The minimum absolute atomic E-state index is 0.177. The van der Waals surface area contributed by atoms with Crippen LogP contribution >= 0.6 is 0 Å². The van der Waals surface area contributed by atoms with Gasteiger partial charge in [-0.2, -0.15) is 0 Å². The van der Waals surface area contributed by atoms with Crippen molar-refractivity contribution in [1.82, 2.24) is 0 Å². The number of rotatable bonds is 1. The van der Waals surface area contributed by atoms with Crippen LogP contribution < -0.4 is 4.90 Å². The molecule has 1 heterocycles. The largest absolute Gasteiger partial charge is 0.334 e. The van der Waals surface area contributed by atoms with Crippen LogP contribution in [0.3, 0.4) is 0 Å². The van der Waals surface area contributed by atoms with Gasteiger partial charge in [-0.25, -0.2) is 0 Å². The van der Waals surface area contributed by atoms with E-state index in [0.29, 0.717) is 0 Å². The van der Waals surface area contributed by atoms with E-state index < -0.39 is 0 Å². The zero-order valence-corrected chi connectivity index (χ0v) is 12.9. The summed E-state index contributed by atoms with van der Waals surface area (Å²) in [6.45, 7) is 4.93. The third-order valence-electron chi connectivity index (χ3n) is 5.97. The molecular formula is C20H22N. The van der Waals surface area contributed by atoms with Crippen LogP contribution in [0.1, 0.15) is 45.1 Å². The SMILES string of the molecule is CC12CCCCC1(C)N(c1cc[c]cc1)c1ccccc12. The molecule has 2 aromatic carbocycles. The number of hydrogen-bond donors (Lipinski definition) is 0. The second-order valence-electron chi connectivity index (χ2n) is 6.92. The first-order valence-corrected chi connectivity index (χ1v) is 8.03. The molecule has 0 aromatic heterocycles. The van der Waals surface area contributed by atoms with Crippen LogP contribution in [0.4, 0.5) is 11.4 Å². The zero-order valence-electron chi connectivity index (χ0n) is 12.9. The second kappa shape index (κ2) is 4.37. The molecular weight excluding hydrogens is 254 g/mol. The number of para-hydroxylation sites is 1. The lowest BCUT2D eigenvalue weighted by atomic mass is 9.61. The van der Waals surface area contributed by atoms with E-state index in [1.54, 1.807) is 0 Å². The van der Waals surface area contributed by atoms with Gasteiger partial charge in [0.25, 0.3) is 0 Å². The fourth-order valence-electron chi connectivity index (χ4n) is 4.63. The van der Waals surface area contributed by atoms with Crippen LogP contribution in [0.15, 0.2) is 48.5 Å². The van der Waals surface area contributed by atoms with E-state index in [1.165, 1.54) is 42.6 Å². The van der Waals surface area contributed by atoms with Crippen LogP contribution in [-0.2, 0) is 5.41 Å². The van der Waals surface area contributed by atoms with E-state index in [2.05, 4.69) is 61.2 Å². The highest BCUT2D eigenvalue weighted by atomic mass is 15.2. The fourth-order valence-corrected chi connectivity index (χ4v) is 4.63. The Morgan fingerprint density at radius 2 is 1.67 bits per heavy atom. The van der Waals surface area contributed by atoms with Crippen LogP contribution in [0.2, 0.25) is 0 Å². The molecule has 2 aliphatic rings. The van der Waals surface area contributed by atoms with Crippen molar-refractivity contribution in [3.05, 3.63) is 60.2 Å². The number of benzene rings is 2. The summed E-state index contributed by atoms with van der Waals surface area (Å²) in [4.78, 5) is 2.59. The highest BCUT2D eigenvalue weighted by Gasteiger charge is 2.57. The molecule has 0 spiro atoms. The van der Waals surface area contributed by atoms with Gasteiger partial charge in [-0.1, -0.05) is 50.1 Å². The lowest BCUT2D eigenvalue weighted by molar-refractivity contribution is 0.195. The fraction of sp³-hybridized carbons (Fsp3) is 0.400. The van der Waals surface area contributed by atoms with E-state index in [4.69, 9.17) is 0 Å². The molecule has 1 heteroatoms. The minimum atomic E-state index is 0.177. The highest BCUT2D eigenvalue weighted by molar-refractivity contribution is 5.76. The summed E-state index contributed by atoms with van der Waals surface area (Å²) in [7, 11) is 0. The van der Waals surface area contributed by atoms with Gasteiger partial charge in [0.2, 0.25) is 0 Å². The molecule has 0 bridgehead atoms. The molecule has 4 rings (SSSR count). The molecule has 0 N–H and O–H groups in total. The van der Waals surface area contributed by atoms with Crippen molar-refractivity contribution in [3.8, 4) is 0 Å². The summed E-state index contributed by atoms with van der Waals surface area (Å²) in [6, 6.07) is 20.6. The van der Waals surface area contributed by atoms with Gasteiger partial charge in [-0.05, 0) is 49.6 Å². The molecule has 0 amide bonds. The Kier molecular flexibility index (Phi) is 2.69. The van der Waals surface area contributed by atoms with Crippen LogP contribution in [0, 0.1) is 6.07 Å². The molecule has 1 fully saturated rings. The van der Waals surface area contributed by atoms with Gasteiger partial charge in [0.1, 0.15) is 0 Å². The lowest BCUT2D eigenvalue weighted by Crippen LogP contribution is -2.54. The Hall–Kier alpha value is -1.76. The molecule has 2 atom stereocenters. The van der Waals surface area contributed by atoms with E-state index in [-0.39, 0.29) is 11.0 Å². The molecule has 107 valence electrons. The summed E-state index contributed by atoms with van der Waals surface area (Å²) >= 11 is 0. The Labute approximate surface area is 127 Å². The monoisotopic (exact) mass is 276 g/mol. The Balaban J connectivity index is 1.97. The van der Waals surface area contributed by atoms with Crippen molar-refractivity contribution < 1.29 is 0 Å². The van der Waals surface area contributed by atoms with Gasteiger partial charge in [0.05, 0.1) is 5.54 Å². The molecule has 1 saturated carbocycles. The van der Waals surface area contributed by atoms with Crippen LogP contribution in [0.5, 0.6) is 0 Å². The number of hydrogen-bond acceptors (Lipinski definition) is 1. The third kappa shape index (κ3) is 1.58. The third-order valence-corrected chi connectivity index (χ3v) is 5.97. The number of fused-ring (bicyclic) bond motifs is 3. The minimum Gasteiger partial charge on any atom is -0.334 e. The molecule has 1 radical (unpaired) electrons. The van der Waals surface area contributed by atoms with Gasteiger partial charge in [0, 0.05) is 16.8 Å². The summed E-state index contributed by atoms with van der Waals surface area (Å²) in [5, 5.41) is 0. The van der Waals surface area contributed by atoms with Crippen molar-refractivity contribution in [2.45, 2.75) is 50.5 Å². The quantitative estimate of drug-likeness (QED) is 0.689. The molecule has 1 aliphatic carbocycles. The maximum absolute atomic E-state index is 3.15. The average molecular weight is 276 g/mol. The first kappa shape index (κ1) is 12.9. The first-order chi connectivity index (χ1) is 10.2. The predicted octanol–water partition coefficient (Wildman–Crippen LogP) is 5.23. The van der Waals surface area contributed by atoms with Crippen molar-refractivity contribution in [2.75, 3.05) is 4.90 Å². The van der Waals surface area contributed by atoms with Crippen molar-refractivity contribution in [3.63, 3.8) is 0 Å². The topological polar surface area (TPSA) is 3.24 Å². The lowest BCUT2D eigenvalue weighted by Gasteiger charge is -2.50. The van der Waals surface area contributed by atoms with Gasteiger partial charge < -0.3 is 4.90 Å². The summed E-state index contributed by atoms with van der Waals surface area (Å²) in [6.07, 6.45) is 5.22. The second-order valence-corrected chi connectivity index (χ2v) is 6.92. The first-order valence-electron chi connectivity index (χ1n) is 8.03. The van der Waals surface area contributed by atoms with E-state index in [9.17, 15) is 0 Å². The van der Waals surface area contributed by atoms with E-state index >= 15 is 0 Å². The Morgan fingerprint density at radius 1 is 0.952 bits per heavy atom. The Morgan fingerprint density at radius 3 is 2.48 bits per heavy atom.